The molecular weight excluding hydrogens is 366 g/mol. The third kappa shape index (κ3) is 5.95. The first kappa shape index (κ1) is 19.0. The maximum Gasteiger partial charge on any atom is 0.341 e. The van der Waals surface area contributed by atoms with Crippen LogP contribution in [0.2, 0.25) is 5.02 Å². The van der Waals surface area contributed by atoms with Crippen molar-refractivity contribution in [2.45, 2.75) is 6.54 Å². The Balaban J connectivity index is 1.83. The zero-order chi connectivity index (χ0) is 18.9. The fraction of sp³-hybridized carbons (Fsp3) is 0.125. The lowest BCUT2D eigenvalue weighted by molar-refractivity contribution is -0.139. The SMILES string of the molecule is O=C(O)COc1ccc(/C=N\NC(=O)C(=O)NCc2ccco2)cc1Cl. The van der Waals surface area contributed by atoms with Crippen LogP contribution in [-0.4, -0.2) is 35.7 Å². The van der Waals surface area contributed by atoms with Gasteiger partial charge in [0.2, 0.25) is 0 Å². The number of carbonyl (C=O) groups is 3. The first-order valence-electron chi connectivity index (χ1n) is 7.23. The van der Waals surface area contributed by atoms with Crippen LogP contribution >= 0.6 is 11.6 Å². The van der Waals surface area contributed by atoms with Gasteiger partial charge in [-0.05, 0) is 35.9 Å². The number of rotatable bonds is 7. The van der Waals surface area contributed by atoms with Crippen LogP contribution < -0.4 is 15.5 Å². The Hall–Kier alpha value is -3.33. The molecule has 1 aromatic heterocycles. The number of hydrogen-bond donors (Lipinski definition) is 3. The third-order valence-corrected chi connectivity index (χ3v) is 3.19. The lowest BCUT2D eigenvalue weighted by Crippen LogP contribution is -2.37. The van der Waals surface area contributed by atoms with Crippen LogP contribution in [-0.2, 0) is 20.9 Å². The van der Waals surface area contributed by atoms with Crippen LogP contribution in [0.25, 0.3) is 0 Å². The predicted octanol–water partition coefficient (Wildman–Crippen LogP) is 1.16. The van der Waals surface area contributed by atoms with Gasteiger partial charge in [-0.15, -0.1) is 0 Å². The van der Waals surface area contributed by atoms with Gasteiger partial charge >= 0.3 is 17.8 Å². The van der Waals surface area contributed by atoms with Crippen LogP contribution in [0, 0.1) is 0 Å². The second kappa shape index (κ2) is 9.23. The van der Waals surface area contributed by atoms with E-state index in [4.69, 9.17) is 25.9 Å². The zero-order valence-corrected chi connectivity index (χ0v) is 14.0. The molecule has 1 aromatic carbocycles. The summed E-state index contributed by atoms with van der Waals surface area (Å²) < 4.78 is 10.0. The van der Waals surface area contributed by atoms with Gasteiger partial charge in [0.1, 0.15) is 11.5 Å². The fourth-order valence-corrected chi connectivity index (χ4v) is 1.97. The van der Waals surface area contributed by atoms with Crippen LogP contribution in [0.5, 0.6) is 5.75 Å². The van der Waals surface area contributed by atoms with Crippen molar-refractivity contribution in [1.29, 1.82) is 0 Å². The van der Waals surface area contributed by atoms with Gasteiger partial charge in [0.15, 0.2) is 6.61 Å². The summed E-state index contributed by atoms with van der Waals surface area (Å²) in [5.74, 6) is -2.23. The molecule has 0 aliphatic rings. The average Bonchev–Trinajstić information content (AvgIpc) is 3.12. The first-order valence-corrected chi connectivity index (χ1v) is 7.61. The minimum absolute atomic E-state index is 0.0797. The molecule has 0 saturated carbocycles. The molecule has 0 radical (unpaired) electrons. The molecule has 0 saturated heterocycles. The number of ether oxygens (including phenoxy) is 1. The van der Waals surface area contributed by atoms with E-state index in [9.17, 15) is 14.4 Å². The van der Waals surface area contributed by atoms with Crippen molar-refractivity contribution in [3.8, 4) is 5.75 Å². The minimum atomic E-state index is -1.13. The van der Waals surface area contributed by atoms with Gasteiger partial charge in [-0.3, -0.25) is 9.59 Å². The standard InChI is InChI=1S/C16H14ClN3O6/c17-12-6-10(3-4-13(12)26-9-14(21)22)7-19-20-16(24)15(23)18-8-11-2-1-5-25-11/h1-7H,8-9H2,(H,18,23)(H,20,24)(H,21,22)/b19-7-. The second-order valence-electron chi connectivity index (χ2n) is 4.83. The van der Waals surface area contributed by atoms with E-state index in [1.54, 1.807) is 18.2 Å². The van der Waals surface area contributed by atoms with Gasteiger partial charge < -0.3 is 19.6 Å². The number of carboxylic acids is 1. The number of aliphatic carboxylic acids is 1. The summed E-state index contributed by atoms with van der Waals surface area (Å²) in [6, 6.07) is 7.80. The second-order valence-corrected chi connectivity index (χ2v) is 5.24. The van der Waals surface area contributed by atoms with E-state index in [0.717, 1.165) is 0 Å². The molecule has 0 unspecified atom stereocenters. The number of carboxylic acid groups (broad SMARTS) is 1. The Morgan fingerprint density at radius 3 is 2.73 bits per heavy atom. The molecule has 136 valence electrons. The van der Waals surface area contributed by atoms with E-state index in [0.29, 0.717) is 11.3 Å². The quantitative estimate of drug-likeness (QED) is 0.376. The normalized spacial score (nSPS) is 10.5. The topological polar surface area (TPSA) is 130 Å². The molecule has 2 amide bonds. The Kier molecular flexibility index (Phi) is 6.75. The monoisotopic (exact) mass is 379 g/mol. The van der Waals surface area contributed by atoms with Crippen molar-refractivity contribution in [2.24, 2.45) is 5.10 Å². The summed E-state index contributed by atoms with van der Waals surface area (Å²) in [5, 5.41) is 14.8. The number of benzene rings is 1. The van der Waals surface area contributed by atoms with E-state index in [2.05, 4.69) is 15.8 Å². The Bertz CT molecular complexity index is 819. The maximum atomic E-state index is 11.6. The number of nitrogens with zero attached hydrogens (tertiary/aromatic N) is 1. The van der Waals surface area contributed by atoms with Crippen molar-refractivity contribution in [3.63, 3.8) is 0 Å². The summed E-state index contributed by atoms with van der Waals surface area (Å²) in [6.45, 7) is -0.438. The Labute approximate surface area is 152 Å². The first-order chi connectivity index (χ1) is 12.5. The van der Waals surface area contributed by atoms with E-state index >= 15 is 0 Å². The molecule has 9 nitrogen and oxygen atoms in total. The maximum absolute atomic E-state index is 11.6. The molecule has 0 aliphatic carbocycles. The minimum Gasteiger partial charge on any atom is -0.480 e. The smallest absolute Gasteiger partial charge is 0.341 e. The van der Waals surface area contributed by atoms with Crippen molar-refractivity contribution < 1.29 is 28.6 Å². The van der Waals surface area contributed by atoms with Crippen LogP contribution in [0.15, 0.2) is 46.1 Å². The van der Waals surface area contributed by atoms with Gasteiger partial charge in [0.25, 0.3) is 0 Å². The van der Waals surface area contributed by atoms with Crippen LogP contribution in [0.1, 0.15) is 11.3 Å². The van der Waals surface area contributed by atoms with Gasteiger partial charge in [-0.25, -0.2) is 10.2 Å². The molecule has 26 heavy (non-hydrogen) atoms. The summed E-state index contributed by atoms with van der Waals surface area (Å²) in [7, 11) is 0. The molecule has 0 fully saturated rings. The highest BCUT2D eigenvalue weighted by Gasteiger charge is 2.12. The van der Waals surface area contributed by atoms with Gasteiger partial charge in [-0.2, -0.15) is 5.10 Å². The zero-order valence-electron chi connectivity index (χ0n) is 13.3. The third-order valence-electron chi connectivity index (χ3n) is 2.90. The lowest BCUT2D eigenvalue weighted by Gasteiger charge is -2.06. The highest BCUT2D eigenvalue weighted by atomic mass is 35.5. The highest BCUT2D eigenvalue weighted by Crippen LogP contribution is 2.24. The van der Waals surface area contributed by atoms with E-state index < -0.39 is 24.4 Å². The molecule has 0 bridgehead atoms. The van der Waals surface area contributed by atoms with Crippen molar-refractivity contribution in [2.75, 3.05) is 6.61 Å². The highest BCUT2D eigenvalue weighted by molar-refractivity contribution is 6.35. The van der Waals surface area contributed by atoms with Crippen molar-refractivity contribution >= 4 is 35.6 Å². The van der Waals surface area contributed by atoms with Gasteiger partial charge in [0.05, 0.1) is 24.0 Å². The number of halogens is 1. The van der Waals surface area contributed by atoms with E-state index in [1.807, 2.05) is 0 Å². The molecule has 2 rings (SSSR count). The molecule has 0 spiro atoms. The summed E-state index contributed by atoms with van der Waals surface area (Å²) in [5.41, 5.74) is 2.58. The molecule has 2 aromatic rings. The number of hydrogen-bond acceptors (Lipinski definition) is 6. The largest absolute Gasteiger partial charge is 0.480 e. The van der Waals surface area contributed by atoms with Crippen LogP contribution in [0.4, 0.5) is 0 Å². The van der Waals surface area contributed by atoms with Crippen molar-refractivity contribution in [1.82, 2.24) is 10.7 Å². The average molecular weight is 380 g/mol. The number of nitrogens with one attached hydrogen (secondary N) is 2. The molecule has 3 N–H and O–H groups in total. The van der Waals surface area contributed by atoms with E-state index in [-0.39, 0.29) is 17.3 Å². The molecule has 0 atom stereocenters. The molecule has 0 aliphatic heterocycles. The number of furan rings is 1. The van der Waals surface area contributed by atoms with Crippen LogP contribution in [0.3, 0.4) is 0 Å². The summed E-state index contributed by atoms with van der Waals surface area (Å²) in [4.78, 5) is 33.6. The molecular formula is C16H14ClN3O6. The summed E-state index contributed by atoms with van der Waals surface area (Å²) in [6.07, 6.45) is 2.72. The summed E-state index contributed by atoms with van der Waals surface area (Å²) >= 11 is 5.95. The van der Waals surface area contributed by atoms with Gasteiger partial charge in [0, 0.05) is 0 Å². The number of hydrazone groups is 1. The molecule has 1 heterocycles. The van der Waals surface area contributed by atoms with E-state index in [1.165, 1.54) is 24.6 Å². The number of amides is 2. The van der Waals surface area contributed by atoms with Crippen molar-refractivity contribution in [3.05, 3.63) is 52.9 Å². The lowest BCUT2D eigenvalue weighted by atomic mass is 10.2. The fourth-order valence-electron chi connectivity index (χ4n) is 1.73. The Morgan fingerprint density at radius 1 is 1.27 bits per heavy atom. The molecule has 10 heteroatoms. The Morgan fingerprint density at radius 2 is 2.08 bits per heavy atom. The van der Waals surface area contributed by atoms with Gasteiger partial charge in [-0.1, -0.05) is 11.6 Å². The predicted molar refractivity (Wildman–Crippen MR) is 90.9 cm³/mol. The number of carbonyl (C=O) groups excluding carboxylic acids is 2.